The predicted octanol–water partition coefficient (Wildman–Crippen LogP) is 1.55. The molecule has 2 aliphatic rings. The fourth-order valence-corrected chi connectivity index (χ4v) is 2.58. The molecule has 1 aliphatic carbocycles. The molecule has 2 unspecified atom stereocenters. The van der Waals surface area contributed by atoms with Crippen molar-refractivity contribution in [3.63, 3.8) is 0 Å². The molecular formula is C10H19NO. The Morgan fingerprint density at radius 1 is 1.25 bits per heavy atom. The summed E-state index contributed by atoms with van der Waals surface area (Å²) in [6, 6.07) is 0.640. The van der Waals surface area contributed by atoms with Gasteiger partial charge in [-0.25, -0.2) is 0 Å². The van der Waals surface area contributed by atoms with E-state index in [0.29, 0.717) is 12.1 Å². The molecule has 0 aromatic heterocycles. The van der Waals surface area contributed by atoms with Gasteiger partial charge in [0.25, 0.3) is 0 Å². The molecule has 0 amide bonds. The fraction of sp³-hybridized carbons (Fsp3) is 1.00. The van der Waals surface area contributed by atoms with Crippen LogP contribution in [0.15, 0.2) is 0 Å². The molecule has 2 rings (SSSR count). The Morgan fingerprint density at radius 3 is 2.33 bits per heavy atom. The molecule has 0 spiro atoms. The van der Waals surface area contributed by atoms with Crippen molar-refractivity contribution in [3.05, 3.63) is 0 Å². The number of hydrogen-bond donors (Lipinski definition) is 1. The monoisotopic (exact) mass is 169 g/mol. The van der Waals surface area contributed by atoms with Crippen molar-refractivity contribution >= 4 is 0 Å². The van der Waals surface area contributed by atoms with Crippen molar-refractivity contribution in [2.45, 2.75) is 44.2 Å². The molecule has 1 heterocycles. The van der Waals surface area contributed by atoms with E-state index in [2.05, 4.69) is 12.4 Å². The molecule has 0 bridgehead atoms. The van der Waals surface area contributed by atoms with E-state index in [4.69, 9.17) is 4.74 Å². The zero-order valence-corrected chi connectivity index (χ0v) is 7.88. The molecule has 2 fully saturated rings. The van der Waals surface area contributed by atoms with Gasteiger partial charge in [-0.2, -0.15) is 0 Å². The van der Waals surface area contributed by atoms with Gasteiger partial charge < -0.3 is 10.1 Å². The average molecular weight is 169 g/mol. The number of rotatable bonds is 3. The minimum absolute atomic E-state index is 0.526. The summed E-state index contributed by atoms with van der Waals surface area (Å²) in [6.07, 6.45) is 7.46. The maximum Gasteiger partial charge on any atom is 0.0752 e. The van der Waals surface area contributed by atoms with Crippen LogP contribution in [0.5, 0.6) is 0 Å². The largest absolute Gasteiger partial charge is 0.376 e. The summed E-state index contributed by atoms with van der Waals surface area (Å²) in [4.78, 5) is 0. The summed E-state index contributed by atoms with van der Waals surface area (Å²) in [5, 5.41) is 3.42. The zero-order valence-electron chi connectivity index (χ0n) is 7.88. The standard InChI is InChI=1S/C10H19NO/c1-11-10(9-6-7-12-9)8-4-2-3-5-8/h8-11H,2-7H2,1H3. The van der Waals surface area contributed by atoms with Crippen LogP contribution in [0.2, 0.25) is 0 Å². The molecule has 1 saturated heterocycles. The lowest BCUT2D eigenvalue weighted by atomic mass is 9.90. The fourth-order valence-electron chi connectivity index (χ4n) is 2.58. The first kappa shape index (κ1) is 8.52. The summed E-state index contributed by atoms with van der Waals surface area (Å²) in [5.74, 6) is 0.889. The number of nitrogens with one attached hydrogen (secondary N) is 1. The Balaban J connectivity index is 1.87. The van der Waals surface area contributed by atoms with Gasteiger partial charge in [-0.3, -0.25) is 0 Å². The van der Waals surface area contributed by atoms with Crippen molar-refractivity contribution in [2.24, 2.45) is 5.92 Å². The SMILES string of the molecule is CNC(C1CCCC1)C1CCO1. The highest BCUT2D eigenvalue weighted by atomic mass is 16.5. The van der Waals surface area contributed by atoms with Gasteiger partial charge in [-0.05, 0) is 32.2 Å². The molecule has 1 saturated carbocycles. The van der Waals surface area contributed by atoms with Gasteiger partial charge in [0, 0.05) is 12.6 Å². The van der Waals surface area contributed by atoms with Gasteiger partial charge in [-0.1, -0.05) is 12.8 Å². The molecule has 1 aliphatic heterocycles. The van der Waals surface area contributed by atoms with Gasteiger partial charge >= 0.3 is 0 Å². The van der Waals surface area contributed by atoms with E-state index in [9.17, 15) is 0 Å². The second-order valence-electron chi connectivity index (χ2n) is 4.06. The van der Waals surface area contributed by atoms with Crippen molar-refractivity contribution in [3.8, 4) is 0 Å². The quantitative estimate of drug-likeness (QED) is 0.692. The van der Waals surface area contributed by atoms with Gasteiger partial charge in [0.15, 0.2) is 0 Å². The zero-order chi connectivity index (χ0) is 8.39. The first-order valence-corrected chi connectivity index (χ1v) is 5.20. The van der Waals surface area contributed by atoms with Crippen LogP contribution in [-0.2, 0) is 4.74 Å². The molecule has 0 aromatic carbocycles. The molecule has 0 aromatic rings. The number of ether oxygens (including phenoxy) is 1. The van der Waals surface area contributed by atoms with E-state index >= 15 is 0 Å². The Morgan fingerprint density at radius 2 is 1.92 bits per heavy atom. The minimum atomic E-state index is 0.526. The lowest BCUT2D eigenvalue weighted by Crippen LogP contribution is -2.49. The van der Waals surface area contributed by atoms with E-state index < -0.39 is 0 Å². The average Bonchev–Trinajstić information content (AvgIpc) is 2.47. The second kappa shape index (κ2) is 3.75. The van der Waals surface area contributed by atoms with Crippen LogP contribution in [-0.4, -0.2) is 25.8 Å². The van der Waals surface area contributed by atoms with Crippen molar-refractivity contribution in [1.82, 2.24) is 5.32 Å². The van der Waals surface area contributed by atoms with Crippen LogP contribution in [0.25, 0.3) is 0 Å². The van der Waals surface area contributed by atoms with Crippen LogP contribution in [0.4, 0.5) is 0 Å². The Bertz CT molecular complexity index is 139. The lowest BCUT2D eigenvalue weighted by molar-refractivity contribution is -0.0805. The normalized spacial score (nSPS) is 33.2. The third-order valence-electron chi connectivity index (χ3n) is 3.38. The molecule has 12 heavy (non-hydrogen) atoms. The van der Waals surface area contributed by atoms with E-state index in [1.807, 2.05) is 0 Å². The van der Waals surface area contributed by atoms with E-state index in [0.717, 1.165) is 12.5 Å². The van der Waals surface area contributed by atoms with Gasteiger partial charge in [0.1, 0.15) is 0 Å². The molecule has 2 nitrogen and oxygen atoms in total. The summed E-state index contributed by atoms with van der Waals surface area (Å²) in [7, 11) is 2.07. The van der Waals surface area contributed by atoms with Crippen LogP contribution < -0.4 is 5.32 Å². The van der Waals surface area contributed by atoms with Crippen LogP contribution >= 0.6 is 0 Å². The van der Waals surface area contributed by atoms with Crippen molar-refractivity contribution < 1.29 is 4.74 Å². The Labute approximate surface area is 74.7 Å². The maximum atomic E-state index is 5.53. The van der Waals surface area contributed by atoms with Crippen LogP contribution in [0.1, 0.15) is 32.1 Å². The molecule has 1 N–H and O–H groups in total. The minimum Gasteiger partial charge on any atom is -0.376 e. The Kier molecular flexibility index (Phi) is 2.66. The van der Waals surface area contributed by atoms with Gasteiger partial charge in [-0.15, -0.1) is 0 Å². The third-order valence-corrected chi connectivity index (χ3v) is 3.38. The highest BCUT2D eigenvalue weighted by Gasteiger charge is 2.34. The highest BCUT2D eigenvalue weighted by molar-refractivity contribution is 4.88. The van der Waals surface area contributed by atoms with Crippen molar-refractivity contribution in [1.29, 1.82) is 0 Å². The predicted molar refractivity (Wildman–Crippen MR) is 49.2 cm³/mol. The molecule has 70 valence electrons. The molecule has 0 radical (unpaired) electrons. The molecule has 2 heteroatoms. The number of hydrogen-bond acceptors (Lipinski definition) is 2. The topological polar surface area (TPSA) is 21.3 Å². The lowest BCUT2D eigenvalue weighted by Gasteiger charge is -2.37. The molecular weight excluding hydrogens is 150 g/mol. The van der Waals surface area contributed by atoms with Crippen LogP contribution in [0.3, 0.4) is 0 Å². The van der Waals surface area contributed by atoms with E-state index in [-0.39, 0.29) is 0 Å². The maximum absolute atomic E-state index is 5.53. The first-order chi connectivity index (χ1) is 5.92. The second-order valence-corrected chi connectivity index (χ2v) is 4.06. The highest BCUT2D eigenvalue weighted by Crippen LogP contribution is 2.32. The summed E-state index contributed by atoms with van der Waals surface area (Å²) < 4.78 is 5.53. The first-order valence-electron chi connectivity index (χ1n) is 5.20. The third kappa shape index (κ3) is 1.50. The summed E-state index contributed by atoms with van der Waals surface area (Å²) >= 11 is 0. The number of likely N-dealkylation sites (N-methyl/N-ethyl adjacent to an activating group) is 1. The van der Waals surface area contributed by atoms with Gasteiger partial charge in [0.2, 0.25) is 0 Å². The van der Waals surface area contributed by atoms with Crippen LogP contribution in [0, 0.1) is 5.92 Å². The Hall–Kier alpha value is -0.0800. The van der Waals surface area contributed by atoms with Crippen molar-refractivity contribution in [2.75, 3.05) is 13.7 Å². The van der Waals surface area contributed by atoms with E-state index in [1.54, 1.807) is 0 Å². The summed E-state index contributed by atoms with van der Waals surface area (Å²) in [6.45, 7) is 0.982. The van der Waals surface area contributed by atoms with Gasteiger partial charge in [0.05, 0.1) is 6.10 Å². The van der Waals surface area contributed by atoms with E-state index in [1.165, 1.54) is 32.1 Å². The smallest absolute Gasteiger partial charge is 0.0752 e. The summed E-state index contributed by atoms with van der Waals surface area (Å²) in [5.41, 5.74) is 0. The molecule has 2 atom stereocenters.